The first-order valence-electron chi connectivity index (χ1n) is 8.66. The van der Waals surface area contributed by atoms with E-state index in [0.717, 1.165) is 0 Å². The standard InChI is InChI=1S/C19H20Cl2N2O4S/c1-12-5-6-16(27-2)11-18(12)28(25,26)23-7-3-4-17(23)19(24)22-15-9-13(20)8-14(21)10-15/h5-6,8-11,17H,3-4,7H2,1-2H3,(H,22,24)/t17-/m1/s1. The van der Waals surface area contributed by atoms with Crippen LogP contribution >= 0.6 is 23.2 Å². The van der Waals surface area contributed by atoms with E-state index in [1.165, 1.54) is 17.5 Å². The van der Waals surface area contributed by atoms with Crippen molar-refractivity contribution < 1.29 is 17.9 Å². The number of amides is 1. The van der Waals surface area contributed by atoms with Crippen LogP contribution in [0.25, 0.3) is 0 Å². The van der Waals surface area contributed by atoms with E-state index in [-0.39, 0.29) is 11.4 Å². The van der Waals surface area contributed by atoms with Gasteiger partial charge in [0.25, 0.3) is 0 Å². The molecule has 0 radical (unpaired) electrons. The minimum atomic E-state index is -3.86. The van der Waals surface area contributed by atoms with Gasteiger partial charge < -0.3 is 10.1 Å². The summed E-state index contributed by atoms with van der Waals surface area (Å²) in [5.74, 6) is 0.0258. The third-order valence-electron chi connectivity index (χ3n) is 4.62. The molecule has 0 saturated carbocycles. The van der Waals surface area contributed by atoms with E-state index in [0.29, 0.717) is 39.9 Å². The molecule has 2 aromatic rings. The van der Waals surface area contributed by atoms with Crippen LogP contribution < -0.4 is 10.1 Å². The van der Waals surface area contributed by atoms with Crippen molar-refractivity contribution in [1.82, 2.24) is 4.31 Å². The molecule has 0 unspecified atom stereocenters. The van der Waals surface area contributed by atoms with Crippen LogP contribution in [0.5, 0.6) is 5.75 Å². The number of carbonyl (C=O) groups is 1. The van der Waals surface area contributed by atoms with Gasteiger partial charge in [-0.1, -0.05) is 29.3 Å². The summed E-state index contributed by atoms with van der Waals surface area (Å²) in [6.07, 6.45) is 1.03. The fourth-order valence-electron chi connectivity index (χ4n) is 3.25. The Morgan fingerprint density at radius 3 is 2.50 bits per heavy atom. The summed E-state index contributed by atoms with van der Waals surface area (Å²) in [6, 6.07) is 8.73. The molecule has 6 nitrogen and oxygen atoms in total. The quantitative estimate of drug-likeness (QED) is 0.755. The number of halogens is 2. The predicted molar refractivity (Wildman–Crippen MR) is 110 cm³/mol. The molecule has 2 aromatic carbocycles. The van der Waals surface area contributed by atoms with Crippen LogP contribution in [0.4, 0.5) is 5.69 Å². The van der Waals surface area contributed by atoms with Crippen LogP contribution in [0, 0.1) is 6.92 Å². The highest BCUT2D eigenvalue weighted by atomic mass is 35.5. The van der Waals surface area contributed by atoms with Crippen molar-refractivity contribution in [3.05, 3.63) is 52.0 Å². The zero-order valence-corrected chi connectivity index (χ0v) is 17.7. The Morgan fingerprint density at radius 2 is 1.86 bits per heavy atom. The number of aryl methyl sites for hydroxylation is 1. The number of benzene rings is 2. The zero-order valence-electron chi connectivity index (χ0n) is 15.4. The van der Waals surface area contributed by atoms with Crippen LogP contribution in [-0.2, 0) is 14.8 Å². The van der Waals surface area contributed by atoms with Crippen molar-refractivity contribution >= 4 is 44.8 Å². The number of carbonyl (C=O) groups excluding carboxylic acids is 1. The van der Waals surface area contributed by atoms with Gasteiger partial charge >= 0.3 is 0 Å². The summed E-state index contributed by atoms with van der Waals surface area (Å²) in [7, 11) is -2.39. The van der Waals surface area contributed by atoms with Gasteiger partial charge in [-0.15, -0.1) is 0 Å². The van der Waals surface area contributed by atoms with Gasteiger partial charge in [0, 0.05) is 28.3 Å². The van der Waals surface area contributed by atoms with Gasteiger partial charge in [0.1, 0.15) is 11.8 Å². The lowest BCUT2D eigenvalue weighted by Crippen LogP contribution is -2.43. The largest absolute Gasteiger partial charge is 0.497 e. The van der Waals surface area contributed by atoms with Crippen LogP contribution in [-0.4, -0.2) is 38.3 Å². The number of nitrogens with one attached hydrogen (secondary N) is 1. The minimum Gasteiger partial charge on any atom is -0.497 e. The monoisotopic (exact) mass is 442 g/mol. The molecule has 1 saturated heterocycles. The van der Waals surface area contributed by atoms with Gasteiger partial charge in [-0.05, 0) is 49.6 Å². The molecule has 9 heteroatoms. The van der Waals surface area contributed by atoms with Crippen molar-refractivity contribution in [3.8, 4) is 5.75 Å². The molecular formula is C19H20Cl2N2O4S. The van der Waals surface area contributed by atoms with Gasteiger partial charge in [-0.3, -0.25) is 4.79 Å². The Hall–Kier alpha value is -1.80. The molecule has 0 spiro atoms. The maximum Gasteiger partial charge on any atom is 0.244 e. The number of nitrogens with zero attached hydrogens (tertiary/aromatic N) is 1. The molecule has 0 aliphatic carbocycles. The smallest absolute Gasteiger partial charge is 0.244 e. The molecule has 1 amide bonds. The van der Waals surface area contributed by atoms with Crippen LogP contribution in [0.3, 0.4) is 0 Å². The summed E-state index contributed by atoms with van der Waals surface area (Å²) >= 11 is 11.9. The zero-order chi connectivity index (χ0) is 20.5. The van der Waals surface area contributed by atoms with Gasteiger partial charge in [-0.2, -0.15) is 4.31 Å². The first-order chi connectivity index (χ1) is 13.2. The molecule has 1 aliphatic rings. The van der Waals surface area contributed by atoms with Crippen molar-refractivity contribution in [2.75, 3.05) is 19.0 Å². The summed E-state index contributed by atoms with van der Waals surface area (Å²) in [5.41, 5.74) is 1.01. The molecule has 28 heavy (non-hydrogen) atoms. The maximum atomic E-state index is 13.2. The van der Waals surface area contributed by atoms with Gasteiger partial charge in [0.15, 0.2) is 0 Å². The Labute approximate surface area is 174 Å². The molecular weight excluding hydrogens is 423 g/mol. The number of methoxy groups -OCH3 is 1. The molecule has 150 valence electrons. The fourth-order valence-corrected chi connectivity index (χ4v) is 5.68. The summed E-state index contributed by atoms with van der Waals surface area (Å²) in [4.78, 5) is 12.9. The summed E-state index contributed by atoms with van der Waals surface area (Å²) < 4.78 is 32.9. The lowest BCUT2D eigenvalue weighted by atomic mass is 10.2. The number of hydrogen-bond acceptors (Lipinski definition) is 4. The van der Waals surface area contributed by atoms with Crippen molar-refractivity contribution in [3.63, 3.8) is 0 Å². The molecule has 1 fully saturated rings. The molecule has 1 heterocycles. The average molecular weight is 443 g/mol. The highest BCUT2D eigenvalue weighted by Crippen LogP contribution is 2.31. The Balaban J connectivity index is 1.88. The molecule has 1 atom stereocenters. The number of sulfonamides is 1. The Bertz CT molecular complexity index is 991. The summed E-state index contributed by atoms with van der Waals surface area (Å²) in [6.45, 7) is 1.98. The summed E-state index contributed by atoms with van der Waals surface area (Å²) in [5, 5.41) is 3.48. The molecule has 1 aliphatic heterocycles. The lowest BCUT2D eigenvalue weighted by Gasteiger charge is -2.24. The molecule has 0 aromatic heterocycles. The number of hydrogen-bond donors (Lipinski definition) is 1. The number of anilines is 1. The second-order valence-electron chi connectivity index (χ2n) is 6.55. The van der Waals surface area contributed by atoms with E-state index in [4.69, 9.17) is 27.9 Å². The third-order valence-corrected chi connectivity index (χ3v) is 7.10. The first-order valence-corrected chi connectivity index (χ1v) is 10.9. The van der Waals surface area contributed by atoms with E-state index in [1.807, 2.05) is 0 Å². The second-order valence-corrected chi connectivity index (χ2v) is 9.28. The van der Waals surface area contributed by atoms with Gasteiger partial charge in [0.05, 0.1) is 12.0 Å². The van der Waals surface area contributed by atoms with E-state index in [9.17, 15) is 13.2 Å². The fraction of sp³-hybridized carbons (Fsp3) is 0.316. The average Bonchev–Trinajstić information content (AvgIpc) is 3.12. The van der Waals surface area contributed by atoms with Crippen LogP contribution in [0.15, 0.2) is 41.3 Å². The first kappa shape index (κ1) is 20.9. The normalized spacial score (nSPS) is 17.5. The maximum absolute atomic E-state index is 13.2. The van der Waals surface area contributed by atoms with Gasteiger partial charge in [-0.25, -0.2) is 8.42 Å². The third kappa shape index (κ3) is 4.27. The number of ether oxygens (including phenoxy) is 1. The van der Waals surface area contributed by atoms with Crippen molar-refractivity contribution in [2.45, 2.75) is 30.7 Å². The molecule has 1 N–H and O–H groups in total. The van der Waals surface area contributed by atoms with E-state index < -0.39 is 22.0 Å². The highest BCUT2D eigenvalue weighted by Gasteiger charge is 2.40. The SMILES string of the molecule is COc1ccc(C)c(S(=O)(=O)N2CCC[C@@H]2C(=O)Nc2cc(Cl)cc(Cl)c2)c1. The Morgan fingerprint density at radius 1 is 1.18 bits per heavy atom. The highest BCUT2D eigenvalue weighted by molar-refractivity contribution is 7.89. The minimum absolute atomic E-state index is 0.136. The van der Waals surface area contributed by atoms with Crippen LogP contribution in [0.1, 0.15) is 18.4 Å². The van der Waals surface area contributed by atoms with Crippen molar-refractivity contribution in [2.24, 2.45) is 0 Å². The van der Waals surface area contributed by atoms with Gasteiger partial charge in [0.2, 0.25) is 15.9 Å². The molecule has 3 rings (SSSR count). The van der Waals surface area contributed by atoms with E-state index in [2.05, 4.69) is 5.32 Å². The Kier molecular flexibility index (Phi) is 6.19. The number of rotatable bonds is 5. The van der Waals surface area contributed by atoms with Crippen LogP contribution in [0.2, 0.25) is 10.0 Å². The second kappa shape index (κ2) is 8.29. The van der Waals surface area contributed by atoms with E-state index in [1.54, 1.807) is 37.3 Å². The van der Waals surface area contributed by atoms with Crippen molar-refractivity contribution in [1.29, 1.82) is 0 Å². The lowest BCUT2D eigenvalue weighted by molar-refractivity contribution is -0.119. The topological polar surface area (TPSA) is 75.7 Å². The van der Waals surface area contributed by atoms with E-state index >= 15 is 0 Å². The predicted octanol–water partition coefficient (Wildman–Crippen LogP) is 4.10. The molecule has 0 bridgehead atoms.